The van der Waals surface area contributed by atoms with Crippen LogP contribution in [-0.2, 0) is 4.79 Å². The summed E-state index contributed by atoms with van der Waals surface area (Å²) in [5, 5.41) is 12.1. The highest BCUT2D eigenvalue weighted by molar-refractivity contribution is 6.31. The summed E-state index contributed by atoms with van der Waals surface area (Å²) in [6, 6.07) is 22.1. The summed E-state index contributed by atoms with van der Waals surface area (Å²) in [6.07, 6.45) is 3.03. The molecule has 0 saturated carbocycles. The van der Waals surface area contributed by atoms with Gasteiger partial charge in [-0.15, -0.1) is 0 Å². The number of aromatic carboxylic acids is 1. The summed E-state index contributed by atoms with van der Waals surface area (Å²) in [5.41, 5.74) is 3.20. The van der Waals surface area contributed by atoms with E-state index in [1.54, 1.807) is 6.08 Å². The molecular formula is C22H16ClNO3. The molecule has 0 aliphatic carbocycles. The van der Waals surface area contributed by atoms with Gasteiger partial charge < -0.3 is 10.4 Å². The fourth-order valence-corrected chi connectivity index (χ4v) is 2.74. The average Bonchev–Trinajstić information content (AvgIpc) is 2.69. The molecular weight excluding hydrogens is 362 g/mol. The zero-order chi connectivity index (χ0) is 19.2. The van der Waals surface area contributed by atoms with Gasteiger partial charge in [0.2, 0.25) is 5.91 Å². The van der Waals surface area contributed by atoms with Crippen molar-refractivity contribution in [2.75, 3.05) is 5.32 Å². The van der Waals surface area contributed by atoms with Crippen LogP contribution in [0, 0.1) is 0 Å². The quantitative estimate of drug-likeness (QED) is 0.588. The van der Waals surface area contributed by atoms with Crippen molar-refractivity contribution < 1.29 is 14.7 Å². The Morgan fingerprint density at radius 1 is 0.889 bits per heavy atom. The van der Waals surface area contributed by atoms with Crippen LogP contribution in [-0.4, -0.2) is 17.0 Å². The monoisotopic (exact) mass is 377 g/mol. The van der Waals surface area contributed by atoms with Crippen LogP contribution in [0.2, 0.25) is 5.02 Å². The molecule has 134 valence electrons. The summed E-state index contributed by atoms with van der Waals surface area (Å²) < 4.78 is 0. The molecule has 0 saturated heterocycles. The van der Waals surface area contributed by atoms with E-state index in [4.69, 9.17) is 11.6 Å². The third-order valence-corrected chi connectivity index (χ3v) is 4.15. The Kier molecular flexibility index (Phi) is 5.69. The van der Waals surface area contributed by atoms with Gasteiger partial charge in [0.25, 0.3) is 0 Å². The first-order chi connectivity index (χ1) is 13.0. The minimum absolute atomic E-state index is 0.0588. The zero-order valence-corrected chi connectivity index (χ0v) is 15.0. The number of rotatable bonds is 5. The number of anilines is 1. The van der Waals surface area contributed by atoms with Crippen molar-refractivity contribution in [3.63, 3.8) is 0 Å². The second-order valence-electron chi connectivity index (χ2n) is 5.81. The number of carbonyl (C=O) groups is 2. The van der Waals surface area contributed by atoms with Gasteiger partial charge in [0.1, 0.15) is 0 Å². The molecule has 0 radical (unpaired) electrons. The maximum atomic E-state index is 12.1. The number of benzene rings is 3. The molecule has 3 rings (SSSR count). The first-order valence-corrected chi connectivity index (χ1v) is 8.58. The van der Waals surface area contributed by atoms with Crippen LogP contribution in [0.15, 0.2) is 78.9 Å². The van der Waals surface area contributed by atoms with Crippen molar-refractivity contribution in [2.45, 2.75) is 0 Å². The maximum Gasteiger partial charge on any atom is 0.337 e. The second-order valence-corrected chi connectivity index (χ2v) is 6.24. The predicted octanol–water partition coefficient (Wildman–Crippen LogP) is 5.36. The molecule has 4 nitrogen and oxygen atoms in total. The Bertz CT molecular complexity index is 996. The summed E-state index contributed by atoms with van der Waals surface area (Å²) in [4.78, 5) is 23.4. The lowest BCUT2D eigenvalue weighted by molar-refractivity contribution is -0.111. The van der Waals surface area contributed by atoms with Gasteiger partial charge >= 0.3 is 5.97 Å². The van der Waals surface area contributed by atoms with Crippen LogP contribution < -0.4 is 5.32 Å². The lowest BCUT2D eigenvalue weighted by Gasteiger charge is -2.07. The van der Waals surface area contributed by atoms with Crippen molar-refractivity contribution >= 4 is 35.2 Å². The van der Waals surface area contributed by atoms with Crippen LogP contribution in [0.25, 0.3) is 17.2 Å². The summed E-state index contributed by atoms with van der Waals surface area (Å²) in [5.74, 6) is -1.58. The first kappa shape index (κ1) is 18.4. The largest absolute Gasteiger partial charge is 0.478 e. The predicted molar refractivity (Wildman–Crippen MR) is 108 cm³/mol. The van der Waals surface area contributed by atoms with E-state index in [0.717, 1.165) is 16.7 Å². The molecule has 0 aromatic heterocycles. The third-order valence-electron chi connectivity index (χ3n) is 3.91. The highest BCUT2D eigenvalue weighted by Crippen LogP contribution is 2.21. The van der Waals surface area contributed by atoms with Gasteiger partial charge in [-0.1, -0.05) is 66.2 Å². The van der Waals surface area contributed by atoms with Gasteiger partial charge in [-0.2, -0.15) is 0 Å². The Hall–Kier alpha value is -3.37. The topological polar surface area (TPSA) is 66.4 Å². The third kappa shape index (κ3) is 4.84. The Labute approximate surface area is 161 Å². The zero-order valence-electron chi connectivity index (χ0n) is 14.2. The molecule has 0 aliphatic heterocycles. The molecule has 2 N–H and O–H groups in total. The standard InChI is InChI=1S/C22H16ClNO3/c23-18-11-12-20(19(14-18)22(26)27)24-21(25)13-8-15-6-9-17(10-7-15)16-4-2-1-3-5-16/h1-14H,(H,24,25)(H,26,27)/b13-8+. The van der Waals surface area contributed by atoms with Gasteiger partial charge in [0.05, 0.1) is 11.3 Å². The smallest absolute Gasteiger partial charge is 0.337 e. The van der Waals surface area contributed by atoms with Crippen LogP contribution in [0.4, 0.5) is 5.69 Å². The van der Waals surface area contributed by atoms with Gasteiger partial charge in [0, 0.05) is 11.1 Å². The Morgan fingerprint density at radius 3 is 2.22 bits per heavy atom. The van der Waals surface area contributed by atoms with Crippen molar-refractivity contribution in [2.24, 2.45) is 0 Å². The highest BCUT2D eigenvalue weighted by atomic mass is 35.5. The van der Waals surface area contributed by atoms with Crippen molar-refractivity contribution in [3.05, 3.63) is 95.0 Å². The number of nitrogens with one attached hydrogen (secondary N) is 1. The Morgan fingerprint density at radius 2 is 1.56 bits per heavy atom. The molecule has 3 aromatic rings. The number of hydrogen-bond donors (Lipinski definition) is 2. The van der Waals surface area contributed by atoms with E-state index in [9.17, 15) is 14.7 Å². The molecule has 0 bridgehead atoms. The van der Waals surface area contributed by atoms with Gasteiger partial charge in [0.15, 0.2) is 0 Å². The van der Waals surface area contributed by atoms with Crippen LogP contribution in [0.3, 0.4) is 0 Å². The number of hydrogen-bond acceptors (Lipinski definition) is 2. The molecule has 0 atom stereocenters. The summed E-state index contributed by atoms with van der Waals surface area (Å²) >= 11 is 5.81. The van der Waals surface area contributed by atoms with Crippen LogP contribution >= 0.6 is 11.6 Å². The van der Waals surface area contributed by atoms with E-state index in [1.165, 1.54) is 24.3 Å². The first-order valence-electron chi connectivity index (χ1n) is 8.20. The van der Waals surface area contributed by atoms with E-state index in [2.05, 4.69) is 5.32 Å². The lowest BCUT2D eigenvalue weighted by atomic mass is 10.0. The molecule has 3 aromatic carbocycles. The van der Waals surface area contributed by atoms with E-state index in [1.807, 2.05) is 54.6 Å². The van der Waals surface area contributed by atoms with Crippen LogP contribution in [0.1, 0.15) is 15.9 Å². The minimum Gasteiger partial charge on any atom is -0.478 e. The molecule has 0 spiro atoms. The Balaban J connectivity index is 1.70. The van der Waals surface area contributed by atoms with Crippen molar-refractivity contribution in [1.29, 1.82) is 0 Å². The van der Waals surface area contributed by atoms with Crippen molar-refractivity contribution in [1.82, 2.24) is 0 Å². The van der Waals surface area contributed by atoms with E-state index >= 15 is 0 Å². The van der Waals surface area contributed by atoms with Crippen LogP contribution in [0.5, 0.6) is 0 Å². The number of carbonyl (C=O) groups excluding carboxylic acids is 1. The summed E-state index contributed by atoms with van der Waals surface area (Å²) in [6.45, 7) is 0. The molecule has 0 heterocycles. The van der Waals surface area contributed by atoms with Gasteiger partial charge in [-0.25, -0.2) is 4.79 Å². The second kappa shape index (κ2) is 8.34. The fourth-order valence-electron chi connectivity index (χ4n) is 2.57. The lowest BCUT2D eigenvalue weighted by Crippen LogP contribution is -2.12. The number of amides is 1. The van der Waals surface area contributed by atoms with E-state index in [-0.39, 0.29) is 11.3 Å². The number of carboxylic acids is 1. The molecule has 1 amide bonds. The average molecular weight is 378 g/mol. The summed E-state index contributed by atoms with van der Waals surface area (Å²) in [7, 11) is 0. The molecule has 0 unspecified atom stereocenters. The van der Waals surface area contributed by atoms with Crippen molar-refractivity contribution in [3.8, 4) is 11.1 Å². The van der Waals surface area contributed by atoms with Gasteiger partial charge in [-0.05, 0) is 41.0 Å². The number of carboxylic acid groups (broad SMARTS) is 1. The SMILES string of the molecule is O=C(/C=C/c1ccc(-c2ccccc2)cc1)Nc1ccc(Cl)cc1C(=O)O. The maximum absolute atomic E-state index is 12.1. The van der Waals surface area contributed by atoms with E-state index in [0.29, 0.717) is 5.02 Å². The molecule has 5 heteroatoms. The number of halogens is 1. The molecule has 0 aliphatic rings. The fraction of sp³-hybridized carbons (Fsp3) is 0. The molecule has 27 heavy (non-hydrogen) atoms. The molecule has 0 fully saturated rings. The highest BCUT2D eigenvalue weighted by Gasteiger charge is 2.12. The normalized spacial score (nSPS) is 10.7. The van der Waals surface area contributed by atoms with Gasteiger partial charge in [-0.3, -0.25) is 4.79 Å². The minimum atomic E-state index is -1.16. The van der Waals surface area contributed by atoms with E-state index < -0.39 is 11.9 Å².